The summed E-state index contributed by atoms with van der Waals surface area (Å²) in [5.74, 6) is -2.11. The summed E-state index contributed by atoms with van der Waals surface area (Å²) in [5.41, 5.74) is -1.31. The van der Waals surface area contributed by atoms with Gasteiger partial charge in [-0.3, -0.25) is 9.59 Å². The van der Waals surface area contributed by atoms with Crippen LogP contribution in [0.1, 0.15) is 12.0 Å². The van der Waals surface area contributed by atoms with Gasteiger partial charge in [0, 0.05) is 5.69 Å². The lowest BCUT2D eigenvalue weighted by Crippen LogP contribution is -2.36. The molecule has 1 aliphatic rings. The number of carbonyl (C=O) groups is 2. The second kappa shape index (κ2) is 6.19. The summed E-state index contributed by atoms with van der Waals surface area (Å²) in [6.07, 6.45) is -5.02. The molecule has 2 aromatic rings. The highest BCUT2D eigenvalue weighted by atomic mass is 19.4. The summed E-state index contributed by atoms with van der Waals surface area (Å²) in [4.78, 5) is 25.1. The van der Waals surface area contributed by atoms with Gasteiger partial charge in [0.1, 0.15) is 11.9 Å². The van der Waals surface area contributed by atoms with Crippen LogP contribution in [0.3, 0.4) is 0 Å². The standard InChI is InChI=1S/C17H12F4N2O2/c18-10-4-3-5-11(8-10)22-13-9-15(24)23(16(13)25)14-7-2-1-6-12(14)17(19,20)21/h1-8,13,22H,9H2/t13-/m1/s1. The average Bonchev–Trinajstić information content (AvgIpc) is 2.80. The van der Waals surface area contributed by atoms with Gasteiger partial charge in [-0.2, -0.15) is 13.2 Å². The van der Waals surface area contributed by atoms with Crippen LogP contribution in [-0.2, 0) is 15.8 Å². The number of hydrogen-bond donors (Lipinski definition) is 1. The fraction of sp³-hybridized carbons (Fsp3) is 0.176. The van der Waals surface area contributed by atoms with Crippen molar-refractivity contribution < 1.29 is 27.2 Å². The Morgan fingerprint density at radius 2 is 1.76 bits per heavy atom. The number of rotatable bonds is 3. The van der Waals surface area contributed by atoms with E-state index >= 15 is 0 Å². The predicted molar refractivity (Wildman–Crippen MR) is 82.4 cm³/mol. The van der Waals surface area contributed by atoms with E-state index in [0.29, 0.717) is 4.90 Å². The highest BCUT2D eigenvalue weighted by molar-refractivity contribution is 6.23. The molecule has 1 N–H and O–H groups in total. The van der Waals surface area contributed by atoms with E-state index in [0.717, 1.165) is 18.2 Å². The summed E-state index contributed by atoms with van der Waals surface area (Å²) in [5, 5.41) is 2.69. The molecular weight excluding hydrogens is 340 g/mol. The zero-order valence-corrected chi connectivity index (χ0v) is 12.7. The van der Waals surface area contributed by atoms with Crippen molar-refractivity contribution in [2.24, 2.45) is 0 Å². The minimum Gasteiger partial charge on any atom is -0.373 e. The highest BCUT2D eigenvalue weighted by Crippen LogP contribution is 2.38. The lowest BCUT2D eigenvalue weighted by molar-refractivity contribution is -0.137. The second-order valence-electron chi connectivity index (χ2n) is 5.49. The van der Waals surface area contributed by atoms with E-state index in [1.165, 1.54) is 30.3 Å². The third kappa shape index (κ3) is 3.33. The molecule has 1 heterocycles. The lowest BCUT2D eigenvalue weighted by atomic mass is 10.1. The number of alkyl halides is 3. The number of carbonyl (C=O) groups excluding carboxylic acids is 2. The van der Waals surface area contributed by atoms with Crippen LogP contribution in [0.5, 0.6) is 0 Å². The summed E-state index contributed by atoms with van der Waals surface area (Å²) >= 11 is 0. The van der Waals surface area contributed by atoms with Crippen molar-refractivity contribution in [1.82, 2.24) is 0 Å². The minimum atomic E-state index is -4.70. The normalized spacial score (nSPS) is 17.9. The van der Waals surface area contributed by atoms with Crippen LogP contribution in [0.4, 0.5) is 28.9 Å². The Hall–Kier alpha value is -2.90. The van der Waals surface area contributed by atoms with Crippen molar-refractivity contribution in [3.8, 4) is 0 Å². The molecule has 0 radical (unpaired) electrons. The fourth-order valence-corrected chi connectivity index (χ4v) is 2.69. The Morgan fingerprint density at radius 1 is 1.04 bits per heavy atom. The van der Waals surface area contributed by atoms with Crippen molar-refractivity contribution >= 4 is 23.2 Å². The molecule has 0 unspecified atom stereocenters. The molecular formula is C17H12F4N2O2. The molecule has 1 fully saturated rings. The van der Waals surface area contributed by atoms with Crippen molar-refractivity contribution in [2.45, 2.75) is 18.6 Å². The molecule has 25 heavy (non-hydrogen) atoms. The average molecular weight is 352 g/mol. The first-order chi connectivity index (χ1) is 11.8. The third-order valence-corrected chi connectivity index (χ3v) is 3.76. The minimum absolute atomic E-state index is 0.261. The quantitative estimate of drug-likeness (QED) is 0.678. The fourth-order valence-electron chi connectivity index (χ4n) is 2.69. The van der Waals surface area contributed by atoms with Crippen LogP contribution in [0.15, 0.2) is 48.5 Å². The number of nitrogens with one attached hydrogen (secondary N) is 1. The number of imide groups is 1. The van der Waals surface area contributed by atoms with Gasteiger partial charge in [-0.1, -0.05) is 18.2 Å². The number of para-hydroxylation sites is 1. The van der Waals surface area contributed by atoms with Crippen molar-refractivity contribution in [2.75, 3.05) is 10.2 Å². The van der Waals surface area contributed by atoms with Gasteiger partial charge in [0.25, 0.3) is 5.91 Å². The maximum atomic E-state index is 13.2. The van der Waals surface area contributed by atoms with Crippen molar-refractivity contribution in [3.63, 3.8) is 0 Å². The molecule has 2 amide bonds. The van der Waals surface area contributed by atoms with Gasteiger partial charge in [0.15, 0.2) is 0 Å². The molecule has 1 saturated heterocycles. The molecule has 0 bridgehead atoms. The van der Waals surface area contributed by atoms with Crippen LogP contribution < -0.4 is 10.2 Å². The topological polar surface area (TPSA) is 49.4 Å². The summed E-state index contributed by atoms with van der Waals surface area (Å²) in [6, 6.07) is 8.56. The van der Waals surface area contributed by atoms with Crippen molar-refractivity contribution in [1.29, 1.82) is 0 Å². The van der Waals surface area contributed by atoms with Crippen LogP contribution in [0.25, 0.3) is 0 Å². The Morgan fingerprint density at radius 3 is 2.44 bits per heavy atom. The Balaban J connectivity index is 1.90. The zero-order valence-electron chi connectivity index (χ0n) is 12.7. The molecule has 1 aliphatic heterocycles. The second-order valence-corrected chi connectivity index (χ2v) is 5.49. The molecule has 0 saturated carbocycles. The number of nitrogens with zero attached hydrogens (tertiary/aromatic N) is 1. The molecule has 0 aliphatic carbocycles. The van der Waals surface area contributed by atoms with Gasteiger partial charge >= 0.3 is 6.18 Å². The van der Waals surface area contributed by atoms with E-state index in [4.69, 9.17) is 0 Å². The van der Waals surface area contributed by atoms with Crippen LogP contribution in [-0.4, -0.2) is 17.9 Å². The molecule has 1 atom stereocenters. The van der Waals surface area contributed by atoms with Crippen LogP contribution in [0, 0.1) is 5.82 Å². The smallest absolute Gasteiger partial charge is 0.373 e. The van der Waals surface area contributed by atoms with Gasteiger partial charge in [-0.05, 0) is 30.3 Å². The number of anilines is 2. The first kappa shape index (κ1) is 16.9. The van der Waals surface area contributed by atoms with Crippen molar-refractivity contribution in [3.05, 3.63) is 59.9 Å². The van der Waals surface area contributed by atoms with Gasteiger partial charge in [-0.25, -0.2) is 9.29 Å². The first-order valence-corrected chi connectivity index (χ1v) is 7.32. The Labute approximate surface area is 140 Å². The predicted octanol–water partition coefficient (Wildman–Crippen LogP) is 3.59. The monoisotopic (exact) mass is 352 g/mol. The highest BCUT2D eigenvalue weighted by Gasteiger charge is 2.44. The van der Waals surface area contributed by atoms with Crippen LogP contribution in [0.2, 0.25) is 0 Å². The van der Waals surface area contributed by atoms with E-state index in [-0.39, 0.29) is 12.1 Å². The van der Waals surface area contributed by atoms with Gasteiger partial charge in [-0.15, -0.1) is 0 Å². The van der Waals surface area contributed by atoms with E-state index in [1.807, 2.05) is 0 Å². The molecule has 2 aromatic carbocycles. The van der Waals surface area contributed by atoms with E-state index in [1.54, 1.807) is 0 Å². The Kier molecular flexibility index (Phi) is 4.20. The van der Waals surface area contributed by atoms with Gasteiger partial charge in [0.2, 0.25) is 5.91 Å². The largest absolute Gasteiger partial charge is 0.418 e. The summed E-state index contributed by atoms with van der Waals surface area (Å²) in [6.45, 7) is 0. The van der Waals surface area contributed by atoms with E-state index in [9.17, 15) is 27.2 Å². The molecule has 3 rings (SSSR count). The maximum absolute atomic E-state index is 13.2. The number of hydrogen-bond acceptors (Lipinski definition) is 3. The van der Waals surface area contributed by atoms with Crippen LogP contribution >= 0.6 is 0 Å². The van der Waals surface area contributed by atoms with Gasteiger partial charge < -0.3 is 5.32 Å². The number of amides is 2. The number of benzene rings is 2. The Bertz CT molecular complexity index is 835. The first-order valence-electron chi connectivity index (χ1n) is 7.32. The summed E-state index contributed by atoms with van der Waals surface area (Å²) in [7, 11) is 0. The summed E-state index contributed by atoms with van der Waals surface area (Å²) < 4.78 is 52.6. The lowest BCUT2D eigenvalue weighted by Gasteiger charge is -2.20. The van der Waals surface area contributed by atoms with Gasteiger partial charge in [0.05, 0.1) is 17.7 Å². The number of halogens is 4. The van der Waals surface area contributed by atoms with E-state index < -0.39 is 41.1 Å². The third-order valence-electron chi connectivity index (χ3n) is 3.76. The maximum Gasteiger partial charge on any atom is 0.418 e. The molecule has 0 aromatic heterocycles. The zero-order chi connectivity index (χ0) is 18.2. The molecule has 4 nitrogen and oxygen atoms in total. The molecule has 0 spiro atoms. The van der Waals surface area contributed by atoms with E-state index in [2.05, 4.69) is 5.32 Å². The molecule has 8 heteroatoms. The SMILES string of the molecule is O=C1C[C@@H](Nc2cccc(F)c2)C(=O)N1c1ccccc1C(F)(F)F. The molecule has 130 valence electrons.